The topological polar surface area (TPSA) is 78.9 Å². The number of carbonyl (C=O) groups excluding carboxylic acids is 1. The molecule has 29 heavy (non-hydrogen) atoms. The summed E-state index contributed by atoms with van der Waals surface area (Å²) in [5.41, 5.74) is 3.84. The molecule has 0 unspecified atom stereocenters. The van der Waals surface area contributed by atoms with Crippen molar-refractivity contribution in [1.29, 1.82) is 5.26 Å². The summed E-state index contributed by atoms with van der Waals surface area (Å²) >= 11 is 1.53. The molecule has 0 aliphatic heterocycles. The van der Waals surface area contributed by atoms with Crippen LogP contribution in [0.4, 0.5) is 5.00 Å². The molecule has 4 aromatic rings. The van der Waals surface area contributed by atoms with E-state index in [1.54, 1.807) is 18.2 Å². The number of nitrogens with one attached hydrogen (secondary N) is 1. The molecule has 5 nitrogen and oxygen atoms in total. The van der Waals surface area contributed by atoms with Crippen LogP contribution in [0.5, 0.6) is 0 Å². The number of carbonyl (C=O) groups is 1. The third kappa shape index (κ3) is 3.10. The van der Waals surface area contributed by atoms with Crippen LogP contribution in [0.25, 0.3) is 22.2 Å². The largest absolute Gasteiger partial charge is 0.355 e. The van der Waals surface area contributed by atoms with Crippen molar-refractivity contribution in [3.63, 3.8) is 0 Å². The van der Waals surface area contributed by atoms with Gasteiger partial charge in [0.15, 0.2) is 5.76 Å². The van der Waals surface area contributed by atoms with Gasteiger partial charge in [0.1, 0.15) is 16.6 Å². The molecule has 1 N–H and O–H groups in total. The predicted molar refractivity (Wildman–Crippen MR) is 113 cm³/mol. The summed E-state index contributed by atoms with van der Waals surface area (Å²) in [4.78, 5) is 14.2. The first kappa shape index (κ1) is 17.7. The molecule has 2 aromatic heterocycles. The van der Waals surface area contributed by atoms with E-state index in [0.717, 1.165) is 42.2 Å². The highest BCUT2D eigenvalue weighted by Gasteiger charge is 2.22. The van der Waals surface area contributed by atoms with Gasteiger partial charge in [0.05, 0.1) is 10.9 Å². The molecule has 0 saturated carbocycles. The highest BCUT2D eigenvalue weighted by molar-refractivity contribution is 7.16. The lowest BCUT2D eigenvalue weighted by Gasteiger charge is -2.09. The molecule has 0 atom stereocenters. The molecular formula is C23H17N3O2S. The molecule has 1 aliphatic carbocycles. The van der Waals surface area contributed by atoms with Gasteiger partial charge in [0.25, 0.3) is 5.91 Å². The number of hydrogen-bond donors (Lipinski definition) is 1. The van der Waals surface area contributed by atoms with Crippen molar-refractivity contribution >= 4 is 33.1 Å². The highest BCUT2D eigenvalue weighted by Crippen LogP contribution is 2.38. The Kier molecular flexibility index (Phi) is 4.38. The molecule has 0 saturated heterocycles. The Morgan fingerprint density at radius 3 is 2.79 bits per heavy atom. The van der Waals surface area contributed by atoms with E-state index in [4.69, 9.17) is 4.52 Å². The van der Waals surface area contributed by atoms with E-state index in [1.807, 2.05) is 30.3 Å². The van der Waals surface area contributed by atoms with Crippen LogP contribution in [0, 0.1) is 11.3 Å². The molecule has 0 fully saturated rings. The highest BCUT2D eigenvalue weighted by atomic mass is 32.1. The van der Waals surface area contributed by atoms with Gasteiger partial charge in [-0.25, -0.2) is 0 Å². The first-order valence-corrected chi connectivity index (χ1v) is 10.4. The predicted octanol–water partition coefficient (Wildman–Crippen LogP) is 5.56. The average Bonchev–Trinajstić information content (AvgIpc) is 3.34. The number of hydrogen-bond acceptors (Lipinski definition) is 5. The van der Waals surface area contributed by atoms with Crippen LogP contribution in [0.15, 0.2) is 53.1 Å². The van der Waals surface area contributed by atoms with Crippen LogP contribution in [-0.2, 0) is 12.8 Å². The molecule has 5 rings (SSSR count). The molecule has 6 heteroatoms. The Labute approximate surface area is 171 Å². The van der Waals surface area contributed by atoms with Crippen LogP contribution >= 0.6 is 11.3 Å². The zero-order chi connectivity index (χ0) is 19.8. The summed E-state index contributed by atoms with van der Waals surface area (Å²) in [5, 5.41) is 18.1. The lowest BCUT2D eigenvalue weighted by molar-refractivity contribution is 0.102. The third-order valence-corrected chi connectivity index (χ3v) is 6.49. The number of nitrogens with zero attached hydrogens (tertiary/aromatic N) is 2. The maximum Gasteiger partial charge on any atom is 0.256 e. The molecule has 142 valence electrons. The molecule has 2 aromatic carbocycles. The van der Waals surface area contributed by atoms with E-state index in [0.29, 0.717) is 27.4 Å². The Hall–Kier alpha value is -3.43. The quantitative estimate of drug-likeness (QED) is 0.489. The van der Waals surface area contributed by atoms with Crippen LogP contribution in [0.1, 0.15) is 39.2 Å². The van der Waals surface area contributed by atoms with E-state index in [9.17, 15) is 10.1 Å². The second kappa shape index (κ2) is 7.19. The SMILES string of the molecule is N#Cc1c(NC(=O)c2ccc3noc(-c4ccccc4)c3c2)sc2c1CCCC2. The maximum atomic E-state index is 12.9. The molecule has 2 heterocycles. The van der Waals surface area contributed by atoms with Crippen LogP contribution in [-0.4, -0.2) is 11.1 Å². The fourth-order valence-corrected chi connectivity index (χ4v) is 5.06. The number of nitriles is 1. The van der Waals surface area contributed by atoms with E-state index in [2.05, 4.69) is 16.5 Å². The number of anilines is 1. The van der Waals surface area contributed by atoms with Gasteiger partial charge >= 0.3 is 0 Å². The normalized spacial score (nSPS) is 13.1. The van der Waals surface area contributed by atoms with Gasteiger partial charge in [0, 0.05) is 16.0 Å². The standard InChI is InChI=1S/C23H17N3O2S/c24-13-18-16-8-4-5-9-20(16)29-23(18)25-22(27)15-10-11-19-17(12-15)21(28-26-19)14-6-2-1-3-7-14/h1-3,6-7,10-12H,4-5,8-9H2,(H,25,27). The van der Waals surface area contributed by atoms with Crippen LogP contribution in [0.2, 0.25) is 0 Å². The number of amides is 1. The van der Waals surface area contributed by atoms with Gasteiger partial charge in [-0.2, -0.15) is 5.26 Å². The van der Waals surface area contributed by atoms with Gasteiger partial charge in [-0.3, -0.25) is 4.79 Å². The van der Waals surface area contributed by atoms with Crippen molar-refractivity contribution in [2.75, 3.05) is 5.32 Å². The zero-order valence-corrected chi connectivity index (χ0v) is 16.4. The minimum absolute atomic E-state index is 0.234. The average molecular weight is 399 g/mol. The summed E-state index contributed by atoms with van der Waals surface area (Å²) in [6, 6.07) is 17.3. The molecule has 1 amide bonds. The van der Waals surface area contributed by atoms with Crippen molar-refractivity contribution in [3.05, 3.63) is 70.1 Å². The number of fused-ring (bicyclic) bond motifs is 2. The summed E-state index contributed by atoms with van der Waals surface area (Å²) in [5.74, 6) is 0.404. The van der Waals surface area contributed by atoms with E-state index >= 15 is 0 Å². The van der Waals surface area contributed by atoms with E-state index in [1.165, 1.54) is 16.2 Å². The smallest absolute Gasteiger partial charge is 0.256 e. The Bertz CT molecular complexity index is 1260. The lowest BCUT2D eigenvalue weighted by atomic mass is 9.96. The van der Waals surface area contributed by atoms with Gasteiger partial charge < -0.3 is 9.84 Å². The van der Waals surface area contributed by atoms with Gasteiger partial charge in [-0.15, -0.1) is 11.3 Å². The second-order valence-corrected chi connectivity index (χ2v) is 8.20. The minimum Gasteiger partial charge on any atom is -0.355 e. The summed E-state index contributed by atoms with van der Waals surface area (Å²) in [7, 11) is 0. The number of aryl methyl sites for hydroxylation is 1. The Balaban J connectivity index is 1.49. The van der Waals surface area contributed by atoms with Crippen molar-refractivity contribution < 1.29 is 9.32 Å². The fourth-order valence-electron chi connectivity index (χ4n) is 3.83. The van der Waals surface area contributed by atoms with Crippen molar-refractivity contribution in [2.45, 2.75) is 25.7 Å². The third-order valence-electron chi connectivity index (χ3n) is 5.28. The monoisotopic (exact) mass is 399 g/mol. The maximum absolute atomic E-state index is 12.9. The first-order valence-electron chi connectivity index (χ1n) is 9.55. The van der Waals surface area contributed by atoms with Gasteiger partial charge in [-0.05, 0) is 49.4 Å². The lowest BCUT2D eigenvalue weighted by Crippen LogP contribution is -2.11. The van der Waals surface area contributed by atoms with Crippen molar-refractivity contribution in [2.24, 2.45) is 0 Å². The summed E-state index contributed by atoms with van der Waals surface area (Å²) in [6.45, 7) is 0. The molecule has 0 spiro atoms. The first-order chi connectivity index (χ1) is 14.2. The molecule has 0 bridgehead atoms. The fraction of sp³-hybridized carbons (Fsp3) is 0.174. The number of thiophene rings is 1. The van der Waals surface area contributed by atoms with Crippen molar-refractivity contribution in [3.8, 4) is 17.4 Å². The number of benzene rings is 2. The van der Waals surface area contributed by atoms with Gasteiger partial charge in [0.2, 0.25) is 0 Å². The summed E-state index contributed by atoms with van der Waals surface area (Å²) in [6.07, 6.45) is 4.13. The van der Waals surface area contributed by atoms with Crippen molar-refractivity contribution in [1.82, 2.24) is 5.16 Å². The molecule has 1 aliphatic rings. The molecular weight excluding hydrogens is 382 g/mol. The van der Waals surface area contributed by atoms with E-state index in [-0.39, 0.29) is 5.91 Å². The zero-order valence-electron chi connectivity index (χ0n) is 15.6. The number of aromatic nitrogens is 1. The Morgan fingerprint density at radius 2 is 1.97 bits per heavy atom. The van der Waals surface area contributed by atoms with Crippen LogP contribution in [0.3, 0.4) is 0 Å². The Morgan fingerprint density at radius 1 is 1.14 bits per heavy atom. The van der Waals surface area contributed by atoms with E-state index < -0.39 is 0 Å². The number of rotatable bonds is 3. The van der Waals surface area contributed by atoms with Crippen LogP contribution < -0.4 is 5.32 Å². The second-order valence-electron chi connectivity index (χ2n) is 7.09. The summed E-state index contributed by atoms with van der Waals surface area (Å²) < 4.78 is 5.52. The molecule has 0 radical (unpaired) electrons. The minimum atomic E-state index is -0.234. The van der Waals surface area contributed by atoms with Gasteiger partial charge in [-0.1, -0.05) is 35.5 Å².